The molecule has 1 amide bonds. The van der Waals surface area contributed by atoms with Gasteiger partial charge in [-0.05, 0) is 21.9 Å². The number of hydrogen-bond donors (Lipinski definition) is 2. The van der Waals surface area contributed by atoms with E-state index in [2.05, 4.69) is 0 Å². The Morgan fingerprint density at radius 2 is 1.56 bits per heavy atom. The van der Waals surface area contributed by atoms with Gasteiger partial charge < -0.3 is 15.1 Å². The van der Waals surface area contributed by atoms with E-state index >= 15 is 0 Å². The lowest BCUT2D eigenvalue weighted by atomic mass is 9.87. The zero-order valence-corrected chi connectivity index (χ0v) is 14.0. The van der Waals surface area contributed by atoms with Crippen LogP contribution in [0.5, 0.6) is 0 Å². The van der Waals surface area contributed by atoms with E-state index in [-0.39, 0.29) is 12.5 Å². The third-order valence-electron chi connectivity index (χ3n) is 4.52. The molecule has 25 heavy (non-hydrogen) atoms. The van der Waals surface area contributed by atoms with E-state index in [4.69, 9.17) is 0 Å². The van der Waals surface area contributed by atoms with Gasteiger partial charge in [-0.2, -0.15) is 0 Å². The minimum Gasteiger partial charge on any atom is -0.465 e. The number of carboxylic acid groups (broad SMARTS) is 1. The van der Waals surface area contributed by atoms with Gasteiger partial charge in [0.1, 0.15) is 0 Å². The summed E-state index contributed by atoms with van der Waals surface area (Å²) in [6, 6.07) is 23.4. The average molecular weight is 335 g/mol. The molecule has 0 aliphatic carbocycles. The molecule has 0 saturated heterocycles. The average Bonchev–Trinajstić information content (AvgIpc) is 2.65. The molecule has 2 atom stereocenters. The van der Waals surface area contributed by atoms with Gasteiger partial charge in [0.2, 0.25) is 0 Å². The molecule has 128 valence electrons. The Morgan fingerprint density at radius 3 is 2.24 bits per heavy atom. The molecular weight excluding hydrogens is 314 g/mol. The van der Waals surface area contributed by atoms with Crippen LogP contribution in [0, 0.1) is 0 Å². The second kappa shape index (κ2) is 7.36. The molecule has 3 rings (SSSR count). The lowest BCUT2D eigenvalue weighted by Gasteiger charge is -2.27. The number of benzene rings is 3. The largest absolute Gasteiger partial charge is 0.465 e. The van der Waals surface area contributed by atoms with E-state index in [1.807, 2.05) is 72.8 Å². The lowest BCUT2D eigenvalue weighted by Crippen LogP contribution is -2.32. The molecule has 3 aromatic carbocycles. The molecule has 0 saturated carbocycles. The Labute approximate surface area is 147 Å². The summed E-state index contributed by atoms with van der Waals surface area (Å²) < 4.78 is 0. The normalized spacial score (nSPS) is 13.4. The minimum absolute atomic E-state index is 0.212. The van der Waals surface area contributed by atoms with Crippen LogP contribution in [0.4, 0.5) is 4.79 Å². The van der Waals surface area contributed by atoms with Crippen molar-refractivity contribution in [1.82, 2.24) is 4.90 Å². The summed E-state index contributed by atoms with van der Waals surface area (Å²) in [5.74, 6) is -0.354. The van der Waals surface area contributed by atoms with Crippen LogP contribution in [0.3, 0.4) is 0 Å². The fourth-order valence-corrected chi connectivity index (χ4v) is 3.08. The third-order valence-corrected chi connectivity index (χ3v) is 4.52. The van der Waals surface area contributed by atoms with Gasteiger partial charge in [-0.15, -0.1) is 0 Å². The fraction of sp³-hybridized carbons (Fsp3) is 0.190. The highest BCUT2D eigenvalue weighted by atomic mass is 16.4. The van der Waals surface area contributed by atoms with Crippen molar-refractivity contribution in [3.63, 3.8) is 0 Å². The molecule has 0 fully saturated rings. The van der Waals surface area contributed by atoms with Crippen LogP contribution in [-0.2, 0) is 0 Å². The molecule has 0 aromatic heterocycles. The molecule has 0 spiro atoms. The first-order chi connectivity index (χ1) is 12.1. The standard InChI is InChI=1S/C21H21NO3/c1-22(21(24)25)14-19(20(23)16-8-3-2-4-9-16)18-12-11-15-7-5-6-10-17(15)13-18/h2-13,19-20,23H,14H2,1H3,(H,24,25)/t19-,20+/m0/s1. The van der Waals surface area contributed by atoms with Gasteiger partial charge in [0, 0.05) is 19.5 Å². The molecule has 0 aliphatic heterocycles. The number of aliphatic hydroxyl groups is 1. The van der Waals surface area contributed by atoms with E-state index < -0.39 is 12.2 Å². The Kier molecular flexibility index (Phi) is 5.00. The Morgan fingerprint density at radius 1 is 0.920 bits per heavy atom. The van der Waals surface area contributed by atoms with Crippen molar-refractivity contribution in [3.05, 3.63) is 83.9 Å². The van der Waals surface area contributed by atoms with Crippen molar-refractivity contribution in [1.29, 1.82) is 0 Å². The Bertz CT molecular complexity index is 863. The number of likely N-dealkylation sites (N-methyl/N-ethyl adjacent to an activating group) is 1. The Hall–Kier alpha value is -2.85. The van der Waals surface area contributed by atoms with Crippen LogP contribution < -0.4 is 0 Å². The number of amides is 1. The summed E-state index contributed by atoms with van der Waals surface area (Å²) in [6.07, 6.45) is -1.80. The van der Waals surface area contributed by atoms with Crippen molar-refractivity contribution in [2.24, 2.45) is 0 Å². The minimum atomic E-state index is -1.01. The smallest absolute Gasteiger partial charge is 0.407 e. The molecule has 3 aromatic rings. The van der Waals surface area contributed by atoms with Gasteiger partial charge in [0.25, 0.3) is 0 Å². The summed E-state index contributed by atoms with van der Waals surface area (Å²) in [6.45, 7) is 0.212. The van der Waals surface area contributed by atoms with E-state index in [1.54, 1.807) is 0 Å². The van der Waals surface area contributed by atoms with Crippen molar-refractivity contribution < 1.29 is 15.0 Å². The van der Waals surface area contributed by atoms with Crippen LogP contribution in [0.1, 0.15) is 23.1 Å². The molecule has 0 unspecified atom stereocenters. The molecule has 0 aliphatic rings. The quantitative estimate of drug-likeness (QED) is 0.732. The zero-order chi connectivity index (χ0) is 17.8. The maximum Gasteiger partial charge on any atom is 0.407 e. The predicted molar refractivity (Wildman–Crippen MR) is 98.7 cm³/mol. The molecule has 0 bridgehead atoms. The van der Waals surface area contributed by atoms with Gasteiger partial charge >= 0.3 is 6.09 Å². The zero-order valence-electron chi connectivity index (χ0n) is 14.0. The molecule has 2 N–H and O–H groups in total. The van der Waals surface area contributed by atoms with Gasteiger partial charge in [0.05, 0.1) is 6.10 Å². The summed E-state index contributed by atoms with van der Waals surface area (Å²) >= 11 is 0. The maximum atomic E-state index is 11.3. The van der Waals surface area contributed by atoms with Gasteiger partial charge in [-0.3, -0.25) is 0 Å². The van der Waals surface area contributed by atoms with Crippen molar-refractivity contribution >= 4 is 16.9 Å². The summed E-state index contributed by atoms with van der Waals surface area (Å²) in [5.41, 5.74) is 1.70. The lowest BCUT2D eigenvalue weighted by molar-refractivity contribution is 0.113. The molecule has 0 heterocycles. The SMILES string of the molecule is CN(C[C@@H](c1ccc2ccccc2c1)[C@H](O)c1ccccc1)C(=O)O. The van der Waals surface area contributed by atoms with E-state index in [0.29, 0.717) is 0 Å². The Balaban J connectivity index is 2.00. The monoisotopic (exact) mass is 335 g/mol. The predicted octanol–water partition coefficient (Wildman–Crippen LogP) is 4.27. The maximum absolute atomic E-state index is 11.3. The first-order valence-electron chi connectivity index (χ1n) is 8.22. The number of aliphatic hydroxyl groups excluding tert-OH is 1. The number of nitrogens with zero attached hydrogens (tertiary/aromatic N) is 1. The van der Waals surface area contributed by atoms with Crippen molar-refractivity contribution in [2.45, 2.75) is 12.0 Å². The van der Waals surface area contributed by atoms with E-state index in [9.17, 15) is 15.0 Å². The van der Waals surface area contributed by atoms with Gasteiger partial charge in [-0.1, -0.05) is 72.8 Å². The molecular formula is C21H21NO3. The molecule has 4 nitrogen and oxygen atoms in total. The second-order valence-corrected chi connectivity index (χ2v) is 6.23. The summed E-state index contributed by atoms with van der Waals surface area (Å²) in [4.78, 5) is 12.5. The van der Waals surface area contributed by atoms with Crippen LogP contribution in [0.25, 0.3) is 10.8 Å². The van der Waals surface area contributed by atoms with Crippen molar-refractivity contribution in [2.75, 3.05) is 13.6 Å². The van der Waals surface area contributed by atoms with Crippen LogP contribution >= 0.6 is 0 Å². The summed E-state index contributed by atoms with van der Waals surface area (Å²) in [5, 5.41) is 22.4. The molecule has 4 heteroatoms. The highest BCUT2D eigenvalue weighted by molar-refractivity contribution is 5.83. The highest BCUT2D eigenvalue weighted by Crippen LogP contribution is 2.33. The van der Waals surface area contributed by atoms with Crippen LogP contribution in [0.2, 0.25) is 0 Å². The first-order valence-corrected chi connectivity index (χ1v) is 8.22. The van der Waals surface area contributed by atoms with Gasteiger partial charge in [-0.25, -0.2) is 4.79 Å². The third kappa shape index (κ3) is 3.80. The van der Waals surface area contributed by atoms with Crippen LogP contribution in [-0.4, -0.2) is 34.8 Å². The number of hydrogen-bond acceptors (Lipinski definition) is 2. The summed E-state index contributed by atoms with van der Waals surface area (Å²) in [7, 11) is 1.52. The highest BCUT2D eigenvalue weighted by Gasteiger charge is 2.26. The van der Waals surface area contributed by atoms with Gasteiger partial charge in [0.15, 0.2) is 0 Å². The second-order valence-electron chi connectivity index (χ2n) is 6.23. The van der Waals surface area contributed by atoms with Crippen LogP contribution in [0.15, 0.2) is 72.8 Å². The first kappa shape index (κ1) is 17.0. The van der Waals surface area contributed by atoms with E-state index in [0.717, 1.165) is 21.9 Å². The van der Waals surface area contributed by atoms with E-state index in [1.165, 1.54) is 11.9 Å². The molecule has 0 radical (unpaired) electrons. The number of fused-ring (bicyclic) bond motifs is 1. The topological polar surface area (TPSA) is 60.8 Å². The number of carbonyl (C=O) groups is 1. The number of rotatable bonds is 5. The fourth-order valence-electron chi connectivity index (χ4n) is 3.08. The van der Waals surface area contributed by atoms with Crippen molar-refractivity contribution in [3.8, 4) is 0 Å².